The minimum atomic E-state index is 0.0967. The van der Waals surface area contributed by atoms with E-state index in [1.807, 2.05) is 25.1 Å². The van der Waals surface area contributed by atoms with Crippen molar-refractivity contribution < 1.29 is 9.53 Å². The minimum absolute atomic E-state index is 0.0967. The van der Waals surface area contributed by atoms with Crippen LogP contribution < -0.4 is 10.1 Å². The molecule has 4 rings (SSSR count). The molecule has 5 heteroatoms. The standard InChI is InChI=1S/C26H33N3O2/c1-19-15-22(31-3)11-12-24(19)27-26(30)13-10-20-7-6-14-29(16-20)18-21-17-28(2)25-9-5-4-8-23(21)25/h4-5,8-9,11-12,15,17,20H,6-7,10,13-14,16,18H2,1-3H3,(H,27,30). The summed E-state index contributed by atoms with van der Waals surface area (Å²) >= 11 is 0. The maximum Gasteiger partial charge on any atom is 0.224 e. The lowest BCUT2D eigenvalue weighted by molar-refractivity contribution is -0.116. The summed E-state index contributed by atoms with van der Waals surface area (Å²) in [5.41, 5.74) is 4.57. The Kier molecular flexibility index (Phi) is 6.62. The van der Waals surface area contributed by atoms with Crippen molar-refractivity contribution in [1.82, 2.24) is 9.47 Å². The molecule has 31 heavy (non-hydrogen) atoms. The summed E-state index contributed by atoms with van der Waals surface area (Å²) in [6, 6.07) is 14.4. The number of ether oxygens (including phenoxy) is 1. The number of piperidine rings is 1. The summed E-state index contributed by atoms with van der Waals surface area (Å²) < 4.78 is 7.46. The molecule has 3 aromatic rings. The molecule has 1 saturated heterocycles. The second-order valence-corrected chi connectivity index (χ2v) is 8.79. The first kappa shape index (κ1) is 21.4. The molecule has 1 fully saturated rings. The summed E-state index contributed by atoms with van der Waals surface area (Å²) in [5.74, 6) is 1.48. The van der Waals surface area contributed by atoms with Gasteiger partial charge in [0.15, 0.2) is 0 Å². The third-order valence-corrected chi connectivity index (χ3v) is 6.46. The van der Waals surface area contributed by atoms with Gasteiger partial charge >= 0.3 is 0 Å². The van der Waals surface area contributed by atoms with Crippen LogP contribution in [0.25, 0.3) is 10.9 Å². The van der Waals surface area contributed by atoms with Crippen molar-refractivity contribution in [2.24, 2.45) is 13.0 Å². The highest BCUT2D eigenvalue weighted by atomic mass is 16.5. The smallest absolute Gasteiger partial charge is 0.224 e. The molecule has 0 radical (unpaired) electrons. The molecule has 1 N–H and O–H groups in total. The van der Waals surface area contributed by atoms with Crippen LogP contribution in [0.3, 0.4) is 0 Å². The van der Waals surface area contributed by atoms with Crippen LogP contribution in [0.1, 0.15) is 36.8 Å². The second-order valence-electron chi connectivity index (χ2n) is 8.79. The molecule has 1 atom stereocenters. The molecule has 1 aliphatic heterocycles. The highest BCUT2D eigenvalue weighted by Crippen LogP contribution is 2.27. The van der Waals surface area contributed by atoms with Crippen LogP contribution in [-0.2, 0) is 18.4 Å². The van der Waals surface area contributed by atoms with Gasteiger partial charge in [-0.25, -0.2) is 0 Å². The SMILES string of the molecule is COc1ccc(NC(=O)CCC2CCCN(Cc3cn(C)c4ccccc34)C2)c(C)c1. The Morgan fingerprint density at radius 2 is 2.06 bits per heavy atom. The van der Waals surface area contributed by atoms with Gasteiger partial charge in [-0.1, -0.05) is 18.2 Å². The minimum Gasteiger partial charge on any atom is -0.497 e. The van der Waals surface area contributed by atoms with Gasteiger partial charge in [0.2, 0.25) is 5.91 Å². The molecule has 1 unspecified atom stereocenters. The Hall–Kier alpha value is -2.79. The topological polar surface area (TPSA) is 46.5 Å². The molecule has 2 heterocycles. The number of aryl methyl sites for hydroxylation is 2. The van der Waals surface area contributed by atoms with E-state index in [0.29, 0.717) is 12.3 Å². The molecule has 0 bridgehead atoms. The van der Waals surface area contributed by atoms with E-state index in [2.05, 4.69) is 52.3 Å². The molecule has 1 aliphatic rings. The van der Waals surface area contributed by atoms with Gasteiger partial charge in [-0.2, -0.15) is 0 Å². The van der Waals surface area contributed by atoms with Crippen molar-refractivity contribution in [3.63, 3.8) is 0 Å². The molecule has 164 valence electrons. The van der Waals surface area contributed by atoms with Gasteiger partial charge in [-0.15, -0.1) is 0 Å². The number of likely N-dealkylation sites (tertiary alicyclic amines) is 1. The van der Waals surface area contributed by atoms with Crippen molar-refractivity contribution in [3.05, 3.63) is 59.8 Å². The van der Waals surface area contributed by atoms with E-state index in [1.54, 1.807) is 7.11 Å². The lowest BCUT2D eigenvalue weighted by Crippen LogP contribution is -2.35. The van der Waals surface area contributed by atoms with Gasteiger partial charge in [0.05, 0.1) is 7.11 Å². The van der Waals surface area contributed by atoms with Gasteiger partial charge in [0.25, 0.3) is 0 Å². The van der Waals surface area contributed by atoms with Crippen molar-refractivity contribution in [2.45, 2.75) is 39.2 Å². The van der Waals surface area contributed by atoms with E-state index >= 15 is 0 Å². The van der Waals surface area contributed by atoms with Crippen LogP contribution in [-0.4, -0.2) is 35.6 Å². The van der Waals surface area contributed by atoms with Crippen LogP contribution in [0.4, 0.5) is 5.69 Å². The highest BCUT2D eigenvalue weighted by molar-refractivity contribution is 5.91. The van der Waals surface area contributed by atoms with Crippen molar-refractivity contribution in [1.29, 1.82) is 0 Å². The molecule has 0 aliphatic carbocycles. The Morgan fingerprint density at radius 1 is 1.23 bits per heavy atom. The van der Waals surface area contributed by atoms with E-state index in [9.17, 15) is 4.79 Å². The summed E-state index contributed by atoms with van der Waals surface area (Å²) in [7, 11) is 3.77. The van der Waals surface area contributed by atoms with E-state index in [4.69, 9.17) is 4.74 Å². The zero-order valence-corrected chi connectivity index (χ0v) is 18.9. The Balaban J connectivity index is 1.30. The number of fused-ring (bicyclic) bond motifs is 1. The molecule has 1 aromatic heterocycles. The molecular formula is C26H33N3O2. The summed E-state index contributed by atoms with van der Waals surface area (Å²) in [4.78, 5) is 15.1. The average Bonchev–Trinajstić information content (AvgIpc) is 3.09. The number of anilines is 1. The number of para-hydroxylation sites is 1. The van der Waals surface area contributed by atoms with E-state index < -0.39 is 0 Å². The number of carbonyl (C=O) groups excluding carboxylic acids is 1. The second kappa shape index (κ2) is 9.56. The Morgan fingerprint density at radius 3 is 2.87 bits per heavy atom. The number of methoxy groups -OCH3 is 1. The quantitative estimate of drug-likeness (QED) is 0.578. The predicted molar refractivity (Wildman–Crippen MR) is 127 cm³/mol. The fourth-order valence-electron chi connectivity index (χ4n) is 4.77. The van der Waals surface area contributed by atoms with Gasteiger partial charge in [-0.05, 0) is 74.0 Å². The van der Waals surface area contributed by atoms with Crippen LogP contribution in [0.15, 0.2) is 48.7 Å². The third kappa shape index (κ3) is 5.10. The van der Waals surface area contributed by atoms with E-state index in [1.165, 1.54) is 29.3 Å². The Bertz CT molecular complexity index is 1060. The maximum atomic E-state index is 12.5. The van der Waals surface area contributed by atoms with Gasteiger partial charge in [0.1, 0.15) is 5.75 Å². The molecule has 1 amide bonds. The number of rotatable bonds is 7. The van der Waals surface area contributed by atoms with Crippen LogP contribution in [0, 0.1) is 12.8 Å². The van der Waals surface area contributed by atoms with Crippen molar-refractivity contribution in [3.8, 4) is 5.75 Å². The van der Waals surface area contributed by atoms with E-state index in [-0.39, 0.29) is 5.91 Å². The number of hydrogen-bond donors (Lipinski definition) is 1. The number of aromatic nitrogens is 1. The molecular weight excluding hydrogens is 386 g/mol. The first-order valence-electron chi connectivity index (χ1n) is 11.2. The maximum absolute atomic E-state index is 12.5. The zero-order chi connectivity index (χ0) is 21.8. The first-order chi connectivity index (χ1) is 15.0. The van der Waals surface area contributed by atoms with Crippen LogP contribution in [0.2, 0.25) is 0 Å². The third-order valence-electron chi connectivity index (χ3n) is 6.46. The van der Waals surface area contributed by atoms with Crippen LogP contribution in [0.5, 0.6) is 5.75 Å². The fourth-order valence-corrected chi connectivity index (χ4v) is 4.77. The molecule has 5 nitrogen and oxygen atoms in total. The monoisotopic (exact) mass is 419 g/mol. The zero-order valence-electron chi connectivity index (χ0n) is 18.9. The fraction of sp³-hybridized carbons (Fsp3) is 0.423. The summed E-state index contributed by atoms with van der Waals surface area (Å²) in [5, 5.41) is 4.41. The number of nitrogens with zero attached hydrogens (tertiary/aromatic N) is 2. The number of amides is 1. The first-order valence-corrected chi connectivity index (χ1v) is 11.2. The average molecular weight is 420 g/mol. The van der Waals surface area contributed by atoms with Crippen LogP contribution >= 0.6 is 0 Å². The molecule has 0 saturated carbocycles. The van der Waals surface area contributed by atoms with Gasteiger partial charge < -0.3 is 14.6 Å². The number of hydrogen-bond acceptors (Lipinski definition) is 3. The van der Waals surface area contributed by atoms with Gasteiger partial charge in [-0.3, -0.25) is 9.69 Å². The van der Waals surface area contributed by atoms with Gasteiger partial charge in [0, 0.05) is 49.3 Å². The number of nitrogens with one attached hydrogen (secondary N) is 1. The van der Waals surface area contributed by atoms with Crippen molar-refractivity contribution in [2.75, 3.05) is 25.5 Å². The largest absolute Gasteiger partial charge is 0.497 e. The molecule has 0 spiro atoms. The highest BCUT2D eigenvalue weighted by Gasteiger charge is 2.22. The number of benzene rings is 2. The predicted octanol–water partition coefficient (Wildman–Crippen LogP) is 5.13. The normalized spacial score (nSPS) is 17.1. The lowest BCUT2D eigenvalue weighted by atomic mass is 9.93. The Labute approximate surface area is 185 Å². The summed E-state index contributed by atoms with van der Waals surface area (Å²) in [6.45, 7) is 5.18. The van der Waals surface area contributed by atoms with Crippen molar-refractivity contribution >= 4 is 22.5 Å². The van der Waals surface area contributed by atoms with E-state index in [0.717, 1.165) is 43.1 Å². The lowest BCUT2D eigenvalue weighted by Gasteiger charge is -2.32. The molecule has 2 aromatic carbocycles. The number of carbonyl (C=O) groups is 1. The summed E-state index contributed by atoms with van der Waals surface area (Å²) in [6.07, 6.45) is 6.18.